The number of nitrogens with one attached hydrogen (secondary N) is 1. The molecule has 0 radical (unpaired) electrons. The molecule has 0 saturated carbocycles. The largest absolute Gasteiger partial charge is 0.481 e. The van der Waals surface area contributed by atoms with Crippen molar-refractivity contribution in [1.29, 1.82) is 0 Å². The first kappa shape index (κ1) is 18.0. The molecule has 0 bridgehead atoms. The van der Waals surface area contributed by atoms with Crippen molar-refractivity contribution in [2.24, 2.45) is 0 Å². The highest BCUT2D eigenvalue weighted by atomic mass is 35.5. The number of hydrogen-bond acceptors (Lipinski definition) is 2. The standard InChI is InChI=1S/C19H20ClNO3/c20-16-9-6-15(7-10-16)12-18(22)21-17(13-19(23)24)11-8-14-4-2-1-3-5-14/h1-7,9-10,17H,8,11-13H2,(H,21,22)(H,23,24)/t17-/m1/s1. The van der Waals surface area contributed by atoms with E-state index in [4.69, 9.17) is 16.7 Å². The van der Waals surface area contributed by atoms with E-state index in [9.17, 15) is 9.59 Å². The molecule has 1 amide bonds. The Morgan fingerprint density at radius 1 is 1.00 bits per heavy atom. The highest BCUT2D eigenvalue weighted by molar-refractivity contribution is 6.30. The molecule has 0 heterocycles. The van der Waals surface area contributed by atoms with Crippen molar-refractivity contribution in [3.63, 3.8) is 0 Å². The van der Waals surface area contributed by atoms with Crippen LogP contribution in [0, 0.1) is 0 Å². The highest BCUT2D eigenvalue weighted by Gasteiger charge is 2.16. The first-order chi connectivity index (χ1) is 11.5. The molecule has 24 heavy (non-hydrogen) atoms. The van der Waals surface area contributed by atoms with Crippen LogP contribution >= 0.6 is 11.6 Å². The van der Waals surface area contributed by atoms with E-state index in [1.165, 1.54) is 0 Å². The number of carboxylic acid groups (broad SMARTS) is 1. The van der Waals surface area contributed by atoms with E-state index in [1.807, 2.05) is 30.3 Å². The topological polar surface area (TPSA) is 66.4 Å². The van der Waals surface area contributed by atoms with E-state index < -0.39 is 5.97 Å². The molecule has 0 fully saturated rings. The molecule has 2 aromatic carbocycles. The summed E-state index contributed by atoms with van der Waals surface area (Å²) < 4.78 is 0. The second kappa shape index (κ2) is 9.08. The molecule has 5 heteroatoms. The van der Waals surface area contributed by atoms with Gasteiger partial charge in [0.15, 0.2) is 0 Å². The number of carbonyl (C=O) groups excluding carboxylic acids is 1. The average Bonchev–Trinajstić information content (AvgIpc) is 2.55. The summed E-state index contributed by atoms with van der Waals surface area (Å²) >= 11 is 5.82. The van der Waals surface area contributed by atoms with E-state index in [1.54, 1.807) is 24.3 Å². The van der Waals surface area contributed by atoms with Gasteiger partial charge in [-0.15, -0.1) is 0 Å². The molecular weight excluding hydrogens is 326 g/mol. The minimum Gasteiger partial charge on any atom is -0.481 e. The smallest absolute Gasteiger partial charge is 0.305 e. The molecule has 2 rings (SSSR count). The van der Waals surface area contributed by atoms with Crippen LogP contribution in [0.2, 0.25) is 5.02 Å². The Hall–Kier alpha value is -2.33. The van der Waals surface area contributed by atoms with Gasteiger partial charge in [0, 0.05) is 11.1 Å². The molecule has 0 unspecified atom stereocenters. The van der Waals surface area contributed by atoms with E-state index in [-0.39, 0.29) is 24.8 Å². The summed E-state index contributed by atoms with van der Waals surface area (Å²) in [5.41, 5.74) is 1.97. The van der Waals surface area contributed by atoms with Crippen molar-refractivity contribution in [2.45, 2.75) is 31.7 Å². The van der Waals surface area contributed by atoms with Gasteiger partial charge in [-0.25, -0.2) is 0 Å². The van der Waals surface area contributed by atoms with Gasteiger partial charge >= 0.3 is 5.97 Å². The van der Waals surface area contributed by atoms with E-state index in [2.05, 4.69) is 5.32 Å². The molecule has 2 aromatic rings. The molecule has 2 N–H and O–H groups in total. The molecule has 0 spiro atoms. The van der Waals surface area contributed by atoms with Gasteiger partial charge in [-0.1, -0.05) is 54.1 Å². The normalized spacial score (nSPS) is 11.7. The molecule has 0 aliphatic heterocycles. The van der Waals surface area contributed by atoms with Gasteiger partial charge in [0.1, 0.15) is 0 Å². The summed E-state index contributed by atoms with van der Waals surface area (Å²) in [6, 6.07) is 16.5. The lowest BCUT2D eigenvalue weighted by Gasteiger charge is -2.17. The third-order valence-corrected chi connectivity index (χ3v) is 3.94. The van der Waals surface area contributed by atoms with Crippen LogP contribution in [0.5, 0.6) is 0 Å². The minimum atomic E-state index is -0.917. The first-order valence-corrected chi connectivity index (χ1v) is 8.20. The number of carboxylic acids is 1. The number of rotatable bonds is 8. The zero-order valence-corrected chi connectivity index (χ0v) is 14.0. The third-order valence-electron chi connectivity index (χ3n) is 3.69. The Morgan fingerprint density at radius 3 is 2.29 bits per heavy atom. The van der Waals surface area contributed by atoms with Crippen molar-refractivity contribution < 1.29 is 14.7 Å². The van der Waals surface area contributed by atoms with Crippen LogP contribution in [0.3, 0.4) is 0 Å². The van der Waals surface area contributed by atoms with E-state index >= 15 is 0 Å². The number of hydrogen-bond donors (Lipinski definition) is 2. The van der Waals surface area contributed by atoms with Crippen molar-refractivity contribution >= 4 is 23.5 Å². The van der Waals surface area contributed by atoms with Gasteiger partial charge < -0.3 is 10.4 Å². The van der Waals surface area contributed by atoms with E-state index in [0.717, 1.165) is 17.5 Å². The van der Waals surface area contributed by atoms with Crippen LogP contribution in [0.15, 0.2) is 54.6 Å². The van der Waals surface area contributed by atoms with Crippen molar-refractivity contribution in [1.82, 2.24) is 5.32 Å². The van der Waals surface area contributed by atoms with Gasteiger partial charge in [-0.2, -0.15) is 0 Å². The van der Waals surface area contributed by atoms with E-state index in [0.29, 0.717) is 11.4 Å². The SMILES string of the molecule is O=C(O)C[C@@H](CCc1ccccc1)NC(=O)Cc1ccc(Cl)cc1. The Bertz CT molecular complexity index is 671. The summed E-state index contributed by atoms with van der Waals surface area (Å²) in [6.45, 7) is 0. The van der Waals surface area contributed by atoms with Crippen molar-refractivity contribution in [3.8, 4) is 0 Å². The van der Waals surface area contributed by atoms with Gasteiger partial charge in [-0.3, -0.25) is 9.59 Å². The van der Waals surface area contributed by atoms with Crippen LogP contribution in [0.1, 0.15) is 24.0 Å². The summed E-state index contributed by atoms with van der Waals surface area (Å²) in [4.78, 5) is 23.2. The van der Waals surface area contributed by atoms with Crippen LogP contribution in [-0.4, -0.2) is 23.0 Å². The summed E-state index contributed by atoms with van der Waals surface area (Å²) in [6.07, 6.45) is 1.43. The monoisotopic (exact) mass is 345 g/mol. The summed E-state index contributed by atoms with van der Waals surface area (Å²) in [5, 5.41) is 12.5. The second-order valence-electron chi connectivity index (χ2n) is 5.69. The molecule has 0 aromatic heterocycles. The molecule has 0 saturated heterocycles. The third kappa shape index (κ3) is 6.42. The van der Waals surface area contributed by atoms with Gasteiger partial charge in [0.05, 0.1) is 12.8 Å². The molecule has 4 nitrogen and oxygen atoms in total. The second-order valence-corrected chi connectivity index (χ2v) is 6.13. The number of aliphatic carboxylic acids is 1. The fourth-order valence-electron chi connectivity index (χ4n) is 2.49. The lowest BCUT2D eigenvalue weighted by Crippen LogP contribution is -2.37. The lowest BCUT2D eigenvalue weighted by molar-refractivity contribution is -0.137. The fraction of sp³-hybridized carbons (Fsp3) is 0.263. The van der Waals surface area contributed by atoms with Crippen LogP contribution in [-0.2, 0) is 22.4 Å². The first-order valence-electron chi connectivity index (χ1n) is 7.82. The van der Waals surface area contributed by atoms with Crippen molar-refractivity contribution in [3.05, 3.63) is 70.7 Å². The molecule has 126 valence electrons. The summed E-state index contributed by atoms with van der Waals surface area (Å²) in [7, 11) is 0. The van der Waals surface area contributed by atoms with Crippen LogP contribution in [0.4, 0.5) is 0 Å². The van der Waals surface area contributed by atoms with Crippen LogP contribution < -0.4 is 5.32 Å². The average molecular weight is 346 g/mol. The zero-order chi connectivity index (χ0) is 17.4. The lowest BCUT2D eigenvalue weighted by atomic mass is 10.0. The van der Waals surface area contributed by atoms with Crippen LogP contribution in [0.25, 0.3) is 0 Å². The maximum absolute atomic E-state index is 12.2. The molecule has 0 aliphatic rings. The maximum atomic E-state index is 12.2. The van der Waals surface area contributed by atoms with Gasteiger partial charge in [0.25, 0.3) is 0 Å². The predicted octanol–water partition coefficient (Wildman–Crippen LogP) is 3.47. The van der Waals surface area contributed by atoms with Gasteiger partial charge in [0.2, 0.25) is 5.91 Å². The molecule has 1 atom stereocenters. The Morgan fingerprint density at radius 2 is 1.67 bits per heavy atom. The highest BCUT2D eigenvalue weighted by Crippen LogP contribution is 2.11. The number of halogens is 1. The number of carbonyl (C=O) groups is 2. The molecule has 0 aliphatic carbocycles. The number of amides is 1. The summed E-state index contributed by atoms with van der Waals surface area (Å²) in [5.74, 6) is -1.10. The molecular formula is C19H20ClNO3. The minimum absolute atomic E-state index is 0.0841. The van der Waals surface area contributed by atoms with Crippen molar-refractivity contribution in [2.75, 3.05) is 0 Å². The predicted molar refractivity (Wildman–Crippen MR) is 94.1 cm³/mol. The zero-order valence-electron chi connectivity index (χ0n) is 13.2. The number of aryl methyl sites for hydroxylation is 1. The Labute approximate surface area is 146 Å². The van der Waals surface area contributed by atoms with Gasteiger partial charge in [-0.05, 0) is 36.1 Å². The Kier molecular flexibility index (Phi) is 6.82. The maximum Gasteiger partial charge on any atom is 0.305 e. The number of benzene rings is 2. The fourth-order valence-corrected chi connectivity index (χ4v) is 2.61. The quantitative estimate of drug-likeness (QED) is 0.769. The Balaban J connectivity index is 1.90.